The summed E-state index contributed by atoms with van der Waals surface area (Å²) in [5.41, 5.74) is 2.57. The smallest absolute Gasteiger partial charge is 0.133 e. The van der Waals surface area contributed by atoms with E-state index < -0.39 is 0 Å². The van der Waals surface area contributed by atoms with Crippen LogP contribution in [0.3, 0.4) is 0 Å². The first kappa shape index (κ1) is 11.9. The maximum Gasteiger partial charge on any atom is 0.133 e. The molecule has 1 heterocycles. The van der Waals surface area contributed by atoms with Gasteiger partial charge in [-0.25, -0.2) is 4.63 Å². The van der Waals surface area contributed by atoms with E-state index in [9.17, 15) is 0 Å². The molecule has 0 spiro atoms. The monoisotopic (exact) mass is 297 g/mol. The Kier molecular flexibility index (Phi) is 3.63. The molecule has 1 N–H and O–H groups in total. The van der Waals surface area contributed by atoms with Gasteiger partial charge in [-0.15, -0.1) is 0 Å². The van der Waals surface area contributed by atoms with Crippen molar-refractivity contribution in [1.82, 2.24) is 10.3 Å². The van der Waals surface area contributed by atoms with Gasteiger partial charge in [-0.1, -0.05) is 10.3 Å². The van der Waals surface area contributed by atoms with Gasteiger partial charge in [0.1, 0.15) is 17.1 Å². The standard InChI is InChI=1S/C11H12BrN3O2/c1-7-10(15-17-14-7)6-13-8-3-4-11(16-2)9(12)5-8/h3-5,13H,6H2,1-2H3. The van der Waals surface area contributed by atoms with Gasteiger partial charge in [-0.05, 0) is 41.1 Å². The maximum absolute atomic E-state index is 5.16. The Morgan fingerprint density at radius 3 is 2.82 bits per heavy atom. The third kappa shape index (κ3) is 2.76. The van der Waals surface area contributed by atoms with E-state index in [2.05, 4.69) is 36.2 Å². The number of benzene rings is 1. The van der Waals surface area contributed by atoms with E-state index in [4.69, 9.17) is 4.74 Å². The maximum atomic E-state index is 5.16. The molecule has 0 saturated carbocycles. The first-order chi connectivity index (χ1) is 8.20. The highest BCUT2D eigenvalue weighted by Crippen LogP contribution is 2.27. The molecule has 2 aromatic rings. The first-order valence-corrected chi connectivity index (χ1v) is 5.85. The molecule has 17 heavy (non-hydrogen) atoms. The number of hydrogen-bond acceptors (Lipinski definition) is 5. The minimum Gasteiger partial charge on any atom is -0.496 e. The molecule has 5 nitrogen and oxygen atoms in total. The topological polar surface area (TPSA) is 60.2 Å². The summed E-state index contributed by atoms with van der Waals surface area (Å²) in [5.74, 6) is 0.801. The lowest BCUT2D eigenvalue weighted by molar-refractivity contribution is 0.301. The minimum atomic E-state index is 0.577. The zero-order valence-corrected chi connectivity index (χ0v) is 11.1. The number of ether oxygens (including phenoxy) is 1. The lowest BCUT2D eigenvalue weighted by atomic mass is 10.3. The lowest BCUT2D eigenvalue weighted by Crippen LogP contribution is -2.01. The highest BCUT2D eigenvalue weighted by atomic mass is 79.9. The summed E-state index contributed by atoms with van der Waals surface area (Å²) < 4.78 is 10.7. The van der Waals surface area contributed by atoms with Gasteiger partial charge >= 0.3 is 0 Å². The Balaban J connectivity index is 2.05. The highest BCUT2D eigenvalue weighted by molar-refractivity contribution is 9.10. The van der Waals surface area contributed by atoms with Crippen molar-refractivity contribution in [2.24, 2.45) is 0 Å². The number of aromatic nitrogens is 2. The van der Waals surface area contributed by atoms with Gasteiger partial charge in [-0.2, -0.15) is 0 Å². The second kappa shape index (κ2) is 5.18. The van der Waals surface area contributed by atoms with Crippen LogP contribution in [0.15, 0.2) is 27.3 Å². The largest absolute Gasteiger partial charge is 0.496 e. The van der Waals surface area contributed by atoms with Crippen molar-refractivity contribution in [3.63, 3.8) is 0 Å². The van der Waals surface area contributed by atoms with E-state index in [-0.39, 0.29) is 0 Å². The number of anilines is 1. The van der Waals surface area contributed by atoms with Gasteiger partial charge < -0.3 is 10.1 Å². The van der Waals surface area contributed by atoms with Crippen molar-refractivity contribution >= 4 is 21.6 Å². The summed E-state index contributed by atoms with van der Waals surface area (Å²) in [6.07, 6.45) is 0. The first-order valence-electron chi connectivity index (χ1n) is 5.06. The molecule has 1 aromatic heterocycles. The molecule has 6 heteroatoms. The van der Waals surface area contributed by atoms with Crippen molar-refractivity contribution in [3.05, 3.63) is 34.1 Å². The fourth-order valence-electron chi connectivity index (χ4n) is 1.37. The molecule has 0 amide bonds. The van der Waals surface area contributed by atoms with Gasteiger partial charge in [0, 0.05) is 5.69 Å². The van der Waals surface area contributed by atoms with Gasteiger partial charge in [0.05, 0.1) is 18.1 Å². The van der Waals surface area contributed by atoms with Gasteiger partial charge in [0.15, 0.2) is 0 Å². The number of aryl methyl sites for hydroxylation is 1. The molecule has 0 atom stereocenters. The van der Waals surface area contributed by atoms with E-state index in [0.29, 0.717) is 6.54 Å². The molecule has 0 bridgehead atoms. The van der Waals surface area contributed by atoms with Crippen LogP contribution in [0.25, 0.3) is 0 Å². The molecule has 1 aromatic carbocycles. The Morgan fingerprint density at radius 2 is 2.24 bits per heavy atom. The van der Waals surface area contributed by atoms with Gasteiger partial charge in [-0.3, -0.25) is 0 Å². The van der Waals surface area contributed by atoms with Gasteiger partial charge in [0.25, 0.3) is 0 Å². The number of nitrogens with zero attached hydrogens (tertiary/aromatic N) is 2. The third-order valence-electron chi connectivity index (χ3n) is 2.36. The van der Waals surface area contributed by atoms with E-state index in [1.54, 1.807) is 7.11 Å². The zero-order chi connectivity index (χ0) is 12.3. The van der Waals surface area contributed by atoms with Crippen LogP contribution in [0.1, 0.15) is 11.4 Å². The fourth-order valence-corrected chi connectivity index (χ4v) is 1.91. The van der Waals surface area contributed by atoms with Crippen LogP contribution in [-0.2, 0) is 6.54 Å². The second-order valence-corrected chi connectivity index (χ2v) is 4.35. The zero-order valence-electron chi connectivity index (χ0n) is 9.53. The van der Waals surface area contributed by atoms with Crippen molar-refractivity contribution < 1.29 is 9.37 Å². The van der Waals surface area contributed by atoms with E-state index >= 15 is 0 Å². The Hall–Kier alpha value is -1.56. The SMILES string of the molecule is COc1ccc(NCc2nonc2C)cc1Br. The van der Waals surface area contributed by atoms with Crippen LogP contribution in [0, 0.1) is 6.92 Å². The Bertz CT molecular complexity index is 513. The fraction of sp³-hybridized carbons (Fsp3) is 0.273. The summed E-state index contributed by atoms with van der Waals surface area (Å²) in [4.78, 5) is 0. The van der Waals surface area contributed by atoms with Crippen molar-refractivity contribution in [2.45, 2.75) is 13.5 Å². The molecular formula is C11H12BrN3O2. The van der Waals surface area contributed by atoms with E-state index in [1.165, 1.54) is 0 Å². The lowest BCUT2D eigenvalue weighted by Gasteiger charge is -2.07. The van der Waals surface area contributed by atoms with Crippen LogP contribution in [0.4, 0.5) is 5.69 Å². The quantitative estimate of drug-likeness (QED) is 0.940. The highest BCUT2D eigenvalue weighted by Gasteiger charge is 2.05. The van der Waals surface area contributed by atoms with Crippen LogP contribution < -0.4 is 10.1 Å². The molecule has 0 saturated heterocycles. The predicted molar refractivity (Wildman–Crippen MR) is 67.1 cm³/mol. The van der Waals surface area contributed by atoms with E-state index in [0.717, 1.165) is 27.3 Å². The number of methoxy groups -OCH3 is 1. The summed E-state index contributed by atoms with van der Waals surface area (Å²) in [5, 5.41) is 10.8. The number of rotatable bonds is 4. The minimum absolute atomic E-state index is 0.577. The Labute approximate surface area is 107 Å². The third-order valence-corrected chi connectivity index (χ3v) is 2.98. The molecule has 2 rings (SSSR count). The second-order valence-electron chi connectivity index (χ2n) is 3.50. The summed E-state index contributed by atoms with van der Waals surface area (Å²) in [7, 11) is 1.64. The number of halogens is 1. The van der Waals surface area contributed by atoms with Crippen LogP contribution in [0.2, 0.25) is 0 Å². The normalized spacial score (nSPS) is 10.3. The van der Waals surface area contributed by atoms with Crippen LogP contribution in [0.5, 0.6) is 5.75 Å². The number of nitrogens with one attached hydrogen (secondary N) is 1. The van der Waals surface area contributed by atoms with Gasteiger partial charge in [0.2, 0.25) is 0 Å². The molecule has 0 aliphatic heterocycles. The predicted octanol–water partition coefficient (Wildman–Crippen LogP) is 2.76. The molecule has 0 fully saturated rings. The molecule has 90 valence electrons. The summed E-state index contributed by atoms with van der Waals surface area (Å²) in [6, 6.07) is 5.77. The Morgan fingerprint density at radius 1 is 1.41 bits per heavy atom. The van der Waals surface area contributed by atoms with Crippen molar-refractivity contribution in [1.29, 1.82) is 0 Å². The van der Waals surface area contributed by atoms with E-state index in [1.807, 2.05) is 25.1 Å². The number of hydrogen-bond donors (Lipinski definition) is 1. The van der Waals surface area contributed by atoms with Crippen LogP contribution >= 0.6 is 15.9 Å². The molecule has 0 aliphatic rings. The average Bonchev–Trinajstić information content (AvgIpc) is 2.72. The summed E-state index contributed by atoms with van der Waals surface area (Å²) >= 11 is 3.43. The van der Waals surface area contributed by atoms with Crippen LogP contribution in [-0.4, -0.2) is 17.4 Å². The van der Waals surface area contributed by atoms with Crippen molar-refractivity contribution in [3.8, 4) is 5.75 Å². The molecule has 0 aliphatic carbocycles. The molecular weight excluding hydrogens is 286 g/mol. The van der Waals surface area contributed by atoms with Crippen molar-refractivity contribution in [2.75, 3.05) is 12.4 Å². The molecule has 0 radical (unpaired) electrons. The molecule has 0 unspecified atom stereocenters. The summed E-state index contributed by atoms with van der Waals surface area (Å²) in [6.45, 7) is 2.44. The average molecular weight is 298 g/mol.